The number of nitrogens with two attached hydrogens (primary N) is 1. The summed E-state index contributed by atoms with van der Waals surface area (Å²) in [6.07, 6.45) is 0. The monoisotopic (exact) mass is 188 g/mol. The molecule has 4 heteroatoms. The molecule has 0 radical (unpaired) electrons. The van der Waals surface area contributed by atoms with E-state index in [-0.39, 0.29) is 18.4 Å². The Bertz CT molecular complexity index is 151. The Kier molecular flexibility index (Phi) is 6.76. The maximum absolute atomic E-state index is 11.2. The molecule has 1 atom stereocenters. The van der Waals surface area contributed by atoms with Crippen molar-refractivity contribution in [3.8, 4) is 0 Å². The zero-order valence-corrected chi connectivity index (χ0v) is 8.75. The van der Waals surface area contributed by atoms with Crippen molar-refractivity contribution in [2.24, 2.45) is 5.73 Å². The van der Waals surface area contributed by atoms with Crippen LogP contribution in [0.5, 0.6) is 0 Å². The van der Waals surface area contributed by atoms with Crippen LogP contribution < -0.4 is 5.73 Å². The van der Waals surface area contributed by atoms with Crippen LogP contribution in [0.4, 0.5) is 0 Å². The standard InChI is InChI=1S/C9H20N2O2/c1-4-13-6-5-11(3)8(2)9(12)7-10/h8H,4-7,10H2,1-3H3. The molecule has 2 N–H and O–H groups in total. The first kappa shape index (κ1) is 12.6. The van der Waals surface area contributed by atoms with E-state index in [9.17, 15) is 4.79 Å². The number of ether oxygens (including phenoxy) is 1. The fourth-order valence-electron chi connectivity index (χ4n) is 0.963. The summed E-state index contributed by atoms with van der Waals surface area (Å²) in [7, 11) is 1.90. The van der Waals surface area contributed by atoms with Gasteiger partial charge in [0.15, 0.2) is 5.78 Å². The molecule has 1 unspecified atom stereocenters. The molecule has 0 saturated heterocycles. The quantitative estimate of drug-likeness (QED) is 0.565. The van der Waals surface area contributed by atoms with E-state index in [0.29, 0.717) is 13.2 Å². The lowest BCUT2D eigenvalue weighted by Crippen LogP contribution is -2.40. The number of likely N-dealkylation sites (N-methyl/N-ethyl adjacent to an activating group) is 1. The molecule has 0 aliphatic rings. The van der Waals surface area contributed by atoms with Crippen LogP contribution in [0.3, 0.4) is 0 Å². The molecule has 78 valence electrons. The van der Waals surface area contributed by atoms with E-state index in [1.165, 1.54) is 0 Å². The van der Waals surface area contributed by atoms with Gasteiger partial charge in [-0.25, -0.2) is 0 Å². The van der Waals surface area contributed by atoms with E-state index in [4.69, 9.17) is 10.5 Å². The third-order valence-corrected chi connectivity index (χ3v) is 2.12. The van der Waals surface area contributed by atoms with Crippen molar-refractivity contribution in [3.63, 3.8) is 0 Å². The summed E-state index contributed by atoms with van der Waals surface area (Å²) in [5.41, 5.74) is 5.26. The fourth-order valence-corrected chi connectivity index (χ4v) is 0.963. The molecule has 0 aliphatic carbocycles. The summed E-state index contributed by atoms with van der Waals surface area (Å²) in [6.45, 7) is 6.07. The molecule has 0 aliphatic heterocycles. The second-order valence-electron chi connectivity index (χ2n) is 3.02. The molecule has 0 rings (SSSR count). The van der Waals surface area contributed by atoms with E-state index in [1.807, 2.05) is 25.8 Å². The Balaban J connectivity index is 3.68. The predicted octanol–water partition coefficient (Wildman–Crippen LogP) is -0.129. The molecule has 0 fully saturated rings. The van der Waals surface area contributed by atoms with E-state index >= 15 is 0 Å². The first-order chi connectivity index (χ1) is 6.13. The Labute approximate surface area is 80.0 Å². The van der Waals surface area contributed by atoms with Crippen molar-refractivity contribution in [1.29, 1.82) is 0 Å². The van der Waals surface area contributed by atoms with Gasteiger partial charge in [-0.2, -0.15) is 0 Å². The summed E-state index contributed by atoms with van der Waals surface area (Å²) in [5.74, 6) is 0.0685. The second kappa shape index (κ2) is 7.00. The van der Waals surface area contributed by atoms with Crippen LogP contribution in [-0.2, 0) is 9.53 Å². The molecule has 0 aromatic carbocycles. The van der Waals surface area contributed by atoms with Gasteiger partial charge >= 0.3 is 0 Å². The molecule has 0 aromatic heterocycles. The lowest BCUT2D eigenvalue weighted by molar-refractivity contribution is -0.122. The Morgan fingerprint density at radius 1 is 1.62 bits per heavy atom. The molecular weight excluding hydrogens is 168 g/mol. The molecule has 0 aromatic rings. The average Bonchev–Trinajstić information content (AvgIpc) is 2.15. The third-order valence-electron chi connectivity index (χ3n) is 2.12. The van der Waals surface area contributed by atoms with Gasteiger partial charge in [-0.05, 0) is 20.9 Å². The van der Waals surface area contributed by atoms with Gasteiger partial charge in [0, 0.05) is 13.2 Å². The van der Waals surface area contributed by atoms with Gasteiger partial charge in [0.25, 0.3) is 0 Å². The summed E-state index contributed by atoms with van der Waals surface area (Å²) in [6, 6.07) is -0.106. The maximum atomic E-state index is 11.2. The lowest BCUT2D eigenvalue weighted by atomic mass is 10.2. The molecule has 0 bridgehead atoms. The van der Waals surface area contributed by atoms with E-state index < -0.39 is 0 Å². The van der Waals surface area contributed by atoms with Crippen molar-refractivity contribution in [2.75, 3.05) is 33.4 Å². The number of hydrogen-bond acceptors (Lipinski definition) is 4. The smallest absolute Gasteiger partial charge is 0.163 e. The summed E-state index contributed by atoms with van der Waals surface area (Å²) in [4.78, 5) is 13.1. The van der Waals surface area contributed by atoms with E-state index in [0.717, 1.165) is 6.54 Å². The normalized spacial score (nSPS) is 13.3. The SMILES string of the molecule is CCOCCN(C)C(C)C(=O)CN. The number of carbonyl (C=O) groups excluding carboxylic acids is 1. The molecule has 0 amide bonds. The largest absolute Gasteiger partial charge is 0.380 e. The molecular formula is C9H20N2O2. The molecule has 4 nitrogen and oxygen atoms in total. The van der Waals surface area contributed by atoms with Crippen LogP contribution in [0.15, 0.2) is 0 Å². The van der Waals surface area contributed by atoms with Crippen LogP contribution in [0, 0.1) is 0 Å². The van der Waals surface area contributed by atoms with Gasteiger partial charge in [0.2, 0.25) is 0 Å². The predicted molar refractivity (Wildman–Crippen MR) is 52.6 cm³/mol. The Morgan fingerprint density at radius 2 is 2.23 bits per heavy atom. The number of hydrogen-bond donors (Lipinski definition) is 1. The zero-order valence-electron chi connectivity index (χ0n) is 8.75. The highest BCUT2D eigenvalue weighted by atomic mass is 16.5. The van der Waals surface area contributed by atoms with Crippen LogP contribution >= 0.6 is 0 Å². The van der Waals surface area contributed by atoms with Crippen molar-refractivity contribution >= 4 is 5.78 Å². The topological polar surface area (TPSA) is 55.6 Å². The Hall–Kier alpha value is -0.450. The number of ketones is 1. The minimum atomic E-state index is -0.106. The number of carbonyl (C=O) groups is 1. The van der Waals surface area contributed by atoms with Crippen molar-refractivity contribution in [1.82, 2.24) is 4.90 Å². The van der Waals surface area contributed by atoms with Gasteiger partial charge < -0.3 is 10.5 Å². The molecule has 0 spiro atoms. The lowest BCUT2D eigenvalue weighted by Gasteiger charge is -2.22. The number of rotatable bonds is 7. The average molecular weight is 188 g/mol. The first-order valence-corrected chi connectivity index (χ1v) is 4.64. The summed E-state index contributed by atoms with van der Waals surface area (Å²) < 4.78 is 5.18. The van der Waals surface area contributed by atoms with Gasteiger partial charge in [-0.15, -0.1) is 0 Å². The first-order valence-electron chi connectivity index (χ1n) is 4.64. The van der Waals surface area contributed by atoms with E-state index in [2.05, 4.69) is 0 Å². The summed E-state index contributed by atoms with van der Waals surface area (Å²) >= 11 is 0. The van der Waals surface area contributed by atoms with Crippen LogP contribution in [-0.4, -0.2) is 50.1 Å². The molecule has 0 heterocycles. The Morgan fingerprint density at radius 3 is 2.69 bits per heavy atom. The van der Waals surface area contributed by atoms with Gasteiger partial charge in [0.05, 0.1) is 19.2 Å². The van der Waals surface area contributed by atoms with Crippen LogP contribution in [0.25, 0.3) is 0 Å². The van der Waals surface area contributed by atoms with Gasteiger partial charge in [-0.1, -0.05) is 0 Å². The summed E-state index contributed by atoms with van der Waals surface area (Å²) in [5, 5.41) is 0. The minimum absolute atomic E-state index is 0.0685. The minimum Gasteiger partial charge on any atom is -0.380 e. The van der Waals surface area contributed by atoms with Crippen LogP contribution in [0.1, 0.15) is 13.8 Å². The van der Waals surface area contributed by atoms with E-state index in [1.54, 1.807) is 0 Å². The van der Waals surface area contributed by atoms with Crippen molar-refractivity contribution in [3.05, 3.63) is 0 Å². The zero-order chi connectivity index (χ0) is 10.3. The fraction of sp³-hybridized carbons (Fsp3) is 0.889. The van der Waals surface area contributed by atoms with Crippen molar-refractivity contribution in [2.45, 2.75) is 19.9 Å². The third kappa shape index (κ3) is 4.98. The van der Waals surface area contributed by atoms with Crippen LogP contribution in [0.2, 0.25) is 0 Å². The highest BCUT2D eigenvalue weighted by molar-refractivity contribution is 5.85. The van der Waals surface area contributed by atoms with Gasteiger partial charge in [-0.3, -0.25) is 9.69 Å². The highest BCUT2D eigenvalue weighted by Crippen LogP contribution is 1.95. The van der Waals surface area contributed by atoms with Crippen molar-refractivity contribution < 1.29 is 9.53 Å². The highest BCUT2D eigenvalue weighted by Gasteiger charge is 2.15. The maximum Gasteiger partial charge on any atom is 0.163 e. The molecule has 0 saturated carbocycles. The molecule has 13 heavy (non-hydrogen) atoms. The van der Waals surface area contributed by atoms with Gasteiger partial charge in [0.1, 0.15) is 0 Å². The second-order valence-corrected chi connectivity index (χ2v) is 3.02. The number of nitrogens with zero attached hydrogens (tertiary/aromatic N) is 1. The number of Topliss-reactive ketones (excluding diaryl/α,β-unsaturated/α-hetero) is 1.